The molecule has 0 aliphatic heterocycles. The Balaban J connectivity index is 1.91. The van der Waals surface area contributed by atoms with Gasteiger partial charge in [0.25, 0.3) is 0 Å². The highest BCUT2D eigenvalue weighted by molar-refractivity contribution is 7.17. The SMILES string of the molecule is Cc1cc(C(O)Cc2csc3ccccc23)c(C)o1. The standard InChI is InChI=1S/C16H16O2S/c1-10-7-14(11(2)18-10)15(17)8-12-9-19-16-6-4-3-5-13(12)16/h3-7,9,15,17H,8H2,1-2H3. The van der Waals surface area contributed by atoms with E-state index in [1.54, 1.807) is 11.3 Å². The molecule has 0 aliphatic rings. The molecule has 0 aliphatic carbocycles. The highest BCUT2D eigenvalue weighted by Crippen LogP contribution is 2.31. The summed E-state index contributed by atoms with van der Waals surface area (Å²) in [7, 11) is 0. The zero-order chi connectivity index (χ0) is 13.4. The summed E-state index contributed by atoms with van der Waals surface area (Å²) >= 11 is 1.73. The van der Waals surface area contributed by atoms with Crippen LogP contribution in [0, 0.1) is 13.8 Å². The van der Waals surface area contributed by atoms with Gasteiger partial charge >= 0.3 is 0 Å². The van der Waals surface area contributed by atoms with Gasteiger partial charge in [-0.3, -0.25) is 0 Å². The molecular weight excluding hydrogens is 256 g/mol. The van der Waals surface area contributed by atoms with Crippen LogP contribution in [0.15, 0.2) is 40.1 Å². The average Bonchev–Trinajstić information content (AvgIpc) is 2.94. The molecule has 3 rings (SSSR count). The van der Waals surface area contributed by atoms with Crippen LogP contribution < -0.4 is 0 Å². The van der Waals surface area contributed by atoms with Crippen LogP contribution in [0.2, 0.25) is 0 Å². The van der Waals surface area contributed by atoms with Crippen molar-refractivity contribution in [1.29, 1.82) is 0 Å². The van der Waals surface area contributed by atoms with Gasteiger partial charge in [0.15, 0.2) is 0 Å². The van der Waals surface area contributed by atoms with Crippen LogP contribution in [0.4, 0.5) is 0 Å². The van der Waals surface area contributed by atoms with Gasteiger partial charge in [-0.05, 0) is 42.3 Å². The topological polar surface area (TPSA) is 33.4 Å². The van der Waals surface area contributed by atoms with Crippen LogP contribution in [-0.2, 0) is 6.42 Å². The molecule has 1 atom stereocenters. The zero-order valence-electron chi connectivity index (χ0n) is 11.0. The number of hydrogen-bond acceptors (Lipinski definition) is 3. The van der Waals surface area contributed by atoms with Gasteiger partial charge in [-0.15, -0.1) is 11.3 Å². The van der Waals surface area contributed by atoms with Crippen LogP contribution in [0.25, 0.3) is 10.1 Å². The lowest BCUT2D eigenvalue weighted by Crippen LogP contribution is -2.01. The highest BCUT2D eigenvalue weighted by atomic mass is 32.1. The fraction of sp³-hybridized carbons (Fsp3) is 0.250. The Morgan fingerprint density at radius 1 is 1.26 bits per heavy atom. The number of furan rings is 1. The highest BCUT2D eigenvalue weighted by Gasteiger charge is 2.16. The number of rotatable bonds is 3. The number of thiophene rings is 1. The van der Waals surface area contributed by atoms with Crippen molar-refractivity contribution in [2.24, 2.45) is 0 Å². The minimum atomic E-state index is -0.504. The second-order valence-corrected chi connectivity index (χ2v) is 5.76. The summed E-state index contributed by atoms with van der Waals surface area (Å²) in [5.41, 5.74) is 2.10. The lowest BCUT2D eigenvalue weighted by Gasteiger charge is -2.08. The van der Waals surface area contributed by atoms with Crippen molar-refractivity contribution in [3.63, 3.8) is 0 Å². The van der Waals surface area contributed by atoms with E-state index in [0.29, 0.717) is 6.42 Å². The third-order valence-corrected chi connectivity index (χ3v) is 4.43. The molecule has 0 saturated heterocycles. The van der Waals surface area contributed by atoms with Crippen molar-refractivity contribution in [3.8, 4) is 0 Å². The molecule has 2 aromatic heterocycles. The Kier molecular flexibility index (Phi) is 3.17. The van der Waals surface area contributed by atoms with E-state index in [-0.39, 0.29) is 0 Å². The quantitative estimate of drug-likeness (QED) is 0.767. The van der Waals surface area contributed by atoms with Crippen molar-refractivity contribution < 1.29 is 9.52 Å². The van der Waals surface area contributed by atoms with Crippen LogP contribution in [0.3, 0.4) is 0 Å². The van der Waals surface area contributed by atoms with Crippen LogP contribution >= 0.6 is 11.3 Å². The fourth-order valence-electron chi connectivity index (χ4n) is 2.49. The second-order valence-electron chi connectivity index (χ2n) is 4.85. The summed E-state index contributed by atoms with van der Waals surface area (Å²) < 4.78 is 6.75. The monoisotopic (exact) mass is 272 g/mol. The number of fused-ring (bicyclic) bond motifs is 1. The summed E-state index contributed by atoms with van der Waals surface area (Å²) in [6, 6.07) is 10.2. The predicted molar refractivity (Wildman–Crippen MR) is 78.7 cm³/mol. The molecule has 0 fully saturated rings. The molecule has 0 bridgehead atoms. The lowest BCUT2D eigenvalue weighted by molar-refractivity contribution is 0.177. The van der Waals surface area contributed by atoms with Gasteiger partial charge in [0.2, 0.25) is 0 Å². The molecule has 0 radical (unpaired) electrons. The van der Waals surface area contributed by atoms with Crippen molar-refractivity contribution in [3.05, 3.63) is 58.4 Å². The largest absolute Gasteiger partial charge is 0.466 e. The molecule has 0 amide bonds. The van der Waals surface area contributed by atoms with E-state index in [9.17, 15) is 5.11 Å². The van der Waals surface area contributed by atoms with E-state index in [1.165, 1.54) is 15.6 Å². The molecule has 2 heterocycles. The number of aliphatic hydroxyl groups excluding tert-OH is 1. The molecule has 3 heteroatoms. The van der Waals surface area contributed by atoms with Gasteiger partial charge in [-0.2, -0.15) is 0 Å². The molecule has 3 aromatic rings. The molecule has 1 aromatic carbocycles. The summed E-state index contributed by atoms with van der Waals surface area (Å²) in [6.45, 7) is 3.81. The van der Waals surface area contributed by atoms with Crippen molar-refractivity contribution in [2.45, 2.75) is 26.4 Å². The summed E-state index contributed by atoms with van der Waals surface area (Å²) in [5.74, 6) is 1.66. The Morgan fingerprint density at radius 3 is 2.79 bits per heavy atom. The number of aryl methyl sites for hydroxylation is 2. The summed E-state index contributed by atoms with van der Waals surface area (Å²) in [5, 5.41) is 13.8. The van der Waals surface area contributed by atoms with E-state index in [2.05, 4.69) is 17.5 Å². The first kappa shape index (κ1) is 12.5. The average molecular weight is 272 g/mol. The molecule has 98 valence electrons. The minimum absolute atomic E-state index is 0.504. The van der Waals surface area contributed by atoms with Crippen molar-refractivity contribution in [2.75, 3.05) is 0 Å². The van der Waals surface area contributed by atoms with Crippen molar-refractivity contribution in [1.82, 2.24) is 0 Å². The molecular formula is C16H16O2S. The van der Waals surface area contributed by atoms with E-state index < -0.39 is 6.10 Å². The summed E-state index contributed by atoms with van der Waals surface area (Å²) in [4.78, 5) is 0. The Labute approximate surface area is 116 Å². The van der Waals surface area contributed by atoms with Crippen LogP contribution in [-0.4, -0.2) is 5.11 Å². The van der Waals surface area contributed by atoms with Gasteiger partial charge < -0.3 is 9.52 Å². The Hall–Kier alpha value is -1.58. The first-order valence-corrected chi connectivity index (χ1v) is 7.23. The maximum atomic E-state index is 10.4. The lowest BCUT2D eigenvalue weighted by atomic mass is 10.0. The number of hydrogen-bond donors (Lipinski definition) is 1. The van der Waals surface area contributed by atoms with Crippen molar-refractivity contribution >= 4 is 21.4 Å². The first-order valence-electron chi connectivity index (χ1n) is 6.35. The number of benzene rings is 1. The number of aliphatic hydroxyl groups is 1. The molecule has 1 N–H and O–H groups in total. The Bertz CT molecular complexity index is 708. The first-order chi connectivity index (χ1) is 9.15. The molecule has 2 nitrogen and oxygen atoms in total. The summed E-state index contributed by atoms with van der Waals surface area (Å²) in [6.07, 6.45) is 0.125. The third kappa shape index (κ3) is 2.31. The van der Waals surface area contributed by atoms with E-state index in [0.717, 1.165) is 17.1 Å². The van der Waals surface area contributed by atoms with Gasteiger partial charge in [0.05, 0.1) is 6.10 Å². The van der Waals surface area contributed by atoms with Gasteiger partial charge in [0.1, 0.15) is 11.5 Å². The zero-order valence-corrected chi connectivity index (χ0v) is 11.8. The maximum Gasteiger partial charge on any atom is 0.106 e. The molecule has 1 unspecified atom stereocenters. The third-order valence-electron chi connectivity index (χ3n) is 3.41. The smallest absolute Gasteiger partial charge is 0.106 e. The van der Waals surface area contributed by atoms with Gasteiger partial charge in [-0.1, -0.05) is 18.2 Å². The molecule has 0 spiro atoms. The van der Waals surface area contributed by atoms with Gasteiger partial charge in [-0.25, -0.2) is 0 Å². The van der Waals surface area contributed by atoms with Crippen LogP contribution in [0.5, 0.6) is 0 Å². The molecule has 0 saturated carbocycles. The van der Waals surface area contributed by atoms with E-state index >= 15 is 0 Å². The van der Waals surface area contributed by atoms with Gasteiger partial charge in [0, 0.05) is 16.7 Å². The predicted octanol–water partition coefficient (Wildman–Crippen LogP) is 4.39. The van der Waals surface area contributed by atoms with Crippen LogP contribution in [0.1, 0.15) is 28.8 Å². The maximum absolute atomic E-state index is 10.4. The Morgan fingerprint density at radius 2 is 2.05 bits per heavy atom. The second kappa shape index (κ2) is 4.83. The van der Waals surface area contributed by atoms with E-state index in [4.69, 9.17) is 4.42 Å². The molecule has 19 heavy (non-hydrogen) atoms. The fourth-order valence-corrected chi connectivity index (χ4v) is 3.47. The minimum Gasteiger partial charge on any atom is -0.466 e. The normalized spacial score (nSPS) is 13.0. The van der Waals surface area contributed by atoms with E-state index in [1.807, 2.05) is 32.0 Å².